The fourth-order valence-corrected chi connectivity index (χ4v) is 3.37. The van der Waals surface area contributed by atoms with E-state index in [9.17, 15) is 10.1 Å². The van der Waals surface area contributed by atoms with Crippen LogP contribution in [0, 0.1) is 10.1 Å². The number of anilines is 1. The summed E-state index contributed by atoms with van der Waals surface area (Å²) in [6.07, 6.45) is 3.12. The molecule has 0 unspecified atom stereocenters. The molecule has 1 aliphatic rings. The summed E-state index contributed by atoms with van der Waals surface area (Å²) in [5.74, 6) is 0.960. The third kappa shape index (κ3) is 3.04. The lowest BCUT2D eigenvalue weighted by atomic mass is 10.0. The highest BCUT2D eigenvalue weighted by Gasteiger charge is 2.22. The molecule has 4 rings (SSSR count). The number of nitrogens with zero attached hydrogens (tertiary/aromatic N) is 3. The number of fused-ring (bicyclic) bond motifs is 1. The van der Waals surface area contributed by atoms with Crippen molar-refractivity contribution < 1.29 is 4.92 Å². The van der Waals surface area contributed by atoms with Gasteiger partial charge in [-0.1, -0.05) is 23.7 Å². The molecular weight excluding hydrogens is 352 g/mol. The van der Waals surface area contributed by atoms with E-state index in [4.69, 9.17) is 16.7 Å². The van der Waals surface area contributed by atoms with Crippen LogP contribution in [0.5, 0.6) is 0 Å². The lowest BCUT2D eigenvalue weighted by Crippen LogP contribution is -2.07. The summed E-state index contributed by atoms with van der Waals surface area (Å²) in [5, 5.41) is 19.9. The fraction of sp³-hybridized carbons (Fsp3) is 0.211. The van der Waals surface area contributed by atoms with E-state index in [0.717, 1.165) is 48.6 Å². The van der Waals surface area contributed by atoms with Crippen molar-refractivity contribution in [3.63, 3.8) is 0 Å². The van der Waals surface area contributed by atoms with Gasteiger partial charge in [0.15, 0.2) is 0 Å². The zero-order valence-corrected chi connectivity index (χ0v) is 14.7. The Labute approximate surface area is 155 Å². The summed E-state index contributed by atoms with van der Waals surface area (Å²) < 4.78 is 1.84. The second kappa shape index (κ2) is 6.80. The Morgan fingerprint density at radius 1 is 1.08 bits per heavy atom. The van der Waals surface area contributed by atoms with Crippen LogP contribution in [-0.4, -0.2) is 21.2 Å². The zero-order chi connectivity index (χ0) is 18.1. The van der Waals surface area contributed by atoms with Crippen molar-refractivity contribution in [1.82, 2.24) is 9.78 Å². The number of hydrogen-bond donors (Lipinski definition) is 1. The molecule has 6 nitrogen and oxygen atoms in total. The van der Waals surface area contributed by atoms with Gasteiger partial charge in [0.05, 0.1) is 16.3 Å². The van der Waals surface area contributed by atoms with Crippen molar-refractivity contribution >= 4 is 23.1 Å². The van der Waals surface area contributed by atoms with Crippen LogP contribution in [0.2, 0.25) is 5.02 Å². The first-order valence-electron chi connectivity index (χ1n) is 8.50. The van der Waals surface area contributed by atoms with Crippen LogP contribution in [0.3, 0.4) is 0 Å². The Morgan fingerprint density at radius 3 is 2.50 bits per heavy atom. The monoisotopic (exact) mass is 368 g/mol. The van der Waals surface area contributed by atoms with E-state index in [2.05, 4.69) is 5.32 Å². The maximum atomic E-state index is 10.9. The first kappa shape index (κ1) is 16.6. The molecule has 1 N–H and O–H groups in total. The molecule has 0 spiro atoms. The topological polar surface area (TPSA) is 73.0 Å². The Bertz CT molecular complexity index is 949. The van der Waals surface area contributed by atoms with Gasteiger partial charge in [0.25, 0.3) is 5.69 Å². The molecule has 0 aliphatic carbocycles. The number of benzene rings is 2. The molecule has 2 aromatic carbocycles. The van der Waals surface area contributed by atoms with E-state index in [0.29, 0.717) is 5.02 Å². The Kier molecular flexibility index (Phi) is 4.34. The summed E-state index contributed by atoms with van der Waals surface area (Å²) in [6, 6.07) is 14.1. The predicted octanol–water partition coefficient (Wildman–Crippen LogP) is 4.85. The lowest BCUT2D eigenvalue weighted by molar-refractivity contribution is -0.384. The van der Waals surface area contributed by atoms with Crippen LogP contribution in [0.15, 0.2) is 48.5 Å². The fourth-order valence-electron chi connectivity index (χ4n) is 3.24. The molecule has 0 saturated heterocycles. The molecule has 1 aliphatic heterocycles. The maximum absolute atomic E-state index is 10.9. The van der Waals surface area contributed by atoms with Crippen LogP contribution >= 0.6 is 11.6 Å². The summed E-state index contributed by atoms with van der Waals surface area (Å²) in [5.41, 5.74) is 3.96. The van der Waals surface area contributed by atoms with Gasteiger partial charge >= 0.3 is 0 Å². The van der Waals surface area contributed by atoms with E-state index >= 15 is 0 Å². The highest BCUT2D eigenvalue weighted by molar-refractivity contribution is 6.30. The van der Waals surface area contributed by atoms with E-state index in [1.165, 1.54) is 17.7 Å². The largest absolute Gasteiger partial charge is 0.370 e. The Morgan fingerprint density at radius 2 is 1.81 bits per heavy atom. The van der Waals surface area contributed by atoms with Gasteiger partial charge in [-0.15, -0.1) is 0 Å². The van der Waals surface area contributed by atoms with Gasteiger partial charge in [-0.05, 0) is 43.5 Å². The standard InChI is InChI=1S/C19H17ClN4O2/c20-14-6-4-13(5-7-14)18-17-3-1-2-12-21-19(17)23(22-18)15-8-10-16(11-9-15)24(25)26/h4-11,21H,1-3,12H2. The minimum Gasteiger partial charge on any atom is -0.370 e. The van der Waals surface area contributed by atoms with Crippen molar-refractivity contribution in [1.29, 1.82) is 0 Å². The molecule has 0 bridgehead atoms. The highest BCUT2D eigenvalue weighted by atomic mass is 35.5. The maximum Gasteiger partial charge on any atom is 0.269 e. The third-order valence-corrected chi connectivity index (χ3v) is 4.80. The summed E-state index contributed by atoms with van der Waals surface area (Å²) in [4.78, 5) is 10.5. The van der Waals surface area contributed by atoms with Gasteiger partial charge in [-0.25, -0.2) is 4.68 Å². The van der Waals surface area contributed by atoms with E-state index in [1.807, 2.05) is 28.9 Å². The minimum absolute atomic E-state index is 0.0675. The normalized spacial score (nSPS) is 13.6. The zero-order valence-electron chi connectivity index (χ0n) is 14.0. The number of nitro groups is 1. The molecule has 0 saturated carbocycles. The van der Waals surface area contributed by atoms with Crippen molar-refractivity contribution in [2.24, 2.45) is 0 Å². The number of rotatable bonds is 3. The van der Waals surface area contributed by atoms with Gasteiger partial charge in [-0.2, -0.15) is 5.10 Å². The molecule has 0 fully saturated rings. The van der Waals surface area contributed by atoms with Gasteiger partial charge in [0.2, 0.25) is 0 Å². The number of nitrogens with one attached hydrogen (secondary N) is 1. The molecule has 3 aromatic rings. The first-order valence-corrected chi connectivity index (χ1v) is 8.88. The quantitative estimate of drug-likeness (QED) is 0.529. The molecule has 0 radical (unpaired) electrons. The average molecular weight is 369 g/mol. The lowest BCUT2D eigenvalue weighted by Gasteiger charge is -2.09. The molecule has 7 heteroatoms. The minimum atomic E-state index is -0.398. The van der Waals surface area contributed by atoms with Gasteiger partial charge in [0, 0.05) is 34.8 Å². The van der Waals surface area contributed by atoms with E-state index in [-0.39, 0.29) is 5.69 Å². The van der Waals surface area contributed by atoms with Crippen molar-refractivity contribution in [2.45, 2.75) is 19.3 Å². The third-order valence-electron chi connectivity index (χ3n) is 4.55. The van der Waals surface area contributed by atoms with Crippen LogP contribution in [-0.2, 0) is 6.42 Å². The van der Waals surface area contributed by atoms with Crippen molar-refractivity contribution in [3.05, 3.63) is 69.2 Å². The number of nitro benzene ring substituents is 1. The van der Waals surface area contributed by atoms with Crippen molar-refractivity contribution in [3.8, 4) is 16.9 Å². The molecule has 132 valence electrons. The molecule has 0 atom stereocenters. The predicted molar refractivity (Wildman–Crippen MR) is 102 cm³/mol. The van der Waals surface area contributed by atoms with Gasteiger partial charge in [-0.3, -0.25) is 10.1 Å². The van der Waals surface area contributed by atoms with Crippen LogP contribution in [0.4, 0.5) is 11.5 Å². The van der Waals surface area contributed by atoms with Gasteiger partial charge < -0.3 is 5.32 Å². The van der Waals surface area contributed by atoms with Crippen molar-refractivity contribution in [2.75, 3.05) is 11.9 Å². The number of aromatic nitrogens is 2. The number of halogens is 1. The average Bonchev–Trinajstić information content (AvgIpc) is 2.84. The summed E-state index contributed by atoms with van der Waals surface area (Å²) in [7, 11) is 0. The highest BCUT2D eigenvalue weighted by Crippen LogP contribution is 2.34. The smallest absolute Gasteiger partial charge is 0.269 e. The SMILES string of the molecule is O=[N+]([O-])c1ccc(-n2nc(-c3ccc(Cl)cc3)c3c2NCCCC3)cc1. The van der Waals surface area contributed by atoms with Gasteiger partial charge in [0.1, 0.15) is 5.82 Å². The second-order valence-corrected chi connectivity index (χ2v) is 6.69. The van der Waals surface area contributed by atoms with Crippen LogP contribution < -0.4 is 5.32 Å². The Hall–Kier alpha value is -2.86. The van der Waals surface area contributed by atoms with Crippen LogP contribution in [0.25, 0.3) is 16.9 Å². The van der Waals surface area contributed by atoms with E-state index < -0.39 is 4.92 Å². The molecule has 1 aromatic heterocycles. The second-order valence-electron chi connectivity index (χ2n) is 6.25. The summed E-state index contributed by atoms with van der Waals surface area (Å²) >= 11 is 6.02. The molecule has 2 heterocycles. The molecule has 26 heavy (non-hydrogen) atoms. The first-order chi connectivity index (χ1) is 12.6. The number of non-ortho nitro benzene ring substituents is 1. The van der Waals surface area contributed by atoms with E-state index in [1.54, 1.807) is 12.1 Å². The van der Waals surface area contributed by atoms with Crippen LogP contribution in [0.1, 0.15) is 18.4 Å². The molecular formula is C19H17ClN4O2. The number of hydrogen-bond acceptors (Lipinski definition) is 4. The Balaban J connectivity index is 1.84. The molecule has 0 amide bonds. The summed E-state index contributed by atoms with van der Waals surface area (Å²) in [6.45, 7) is 0.881.